The largest absolute Gasteiger partial charge is 0.381 e. The zero-order valence-electron chi connectivity index (χ0n) is 11.2. The molecule has 2 nitrogen and oxygen atoms in total. The average Bonchev–Trinajstić information content (AvgIpc) is 2.38. The minimum atomic E-state index is -0.130. The summed E-state index contributed by atoms with van der Waals surface area (Å²) in [4.78, 5) is 0. The van der Waals surface area contributed by atoms with Gasteiger partial charge < -0.3 is 10.1 Å². The van der Waals surface area contributed by atoms with E-state index in [9.17, 15) is 4.39 Å². The third-order valence-electron chi connectivity index (χ3n) is 3.91. The molecule has 1 heterocycles. The molecule has 1 atom stereocenters. The molecule has 1 N–H and O–H groups in total. The van der Waals surface area contributed by atoms with Crippen LogP contribution in [0, 0.1) is 11.2 Å². The van der Waals surface area contributed by atoms with Crippen LogP contribution in [-0.4, -0.2) is 19.8 Å². The van der Waals surface area contributed by atoms with E-state index in [-0.39, 0.29) is 17.3 Å². The van der Waals surface area contributed by atoms with Crippen LogP contribution in [0.1, 0.15) is 38.3 Å². The van der Waals surface area contributed by atoms with Crippen LogP contribution in [0.2, 0.25) is 0 Å². The molecule has 2 rings (SSSR count). The molecular weight excluding hydrogens is 229 g/mol. The number of hydrogen-bond acceptors (Lipinski definition) is 2. The molecule has 0 spiro atoms. The Balaban J connectivity index is 1.92. The first-order valence-corrected chi connectivity index (χ1v) is 6.66. The zero-order chi connectivity index (χ0) is 13.0. The van der Waals surface area contributed by atoms with Crippen LogP contribution in [0.3, 0.4) is 0 Å². The number of nitrogens with one attached hydrogen (secondary N) is 1. The van der Waals surface area contributed by atoms with Crippen LogP contribution in [0.25, 0.3) is 0 Å². The van der Waals surface area contributed by atoms with Crippen molar-refractivity contribution in [3.8, 4) is 0 Å². The topological polar surface area (TPSA) is 21.3 Å². The van der Waals surface area contributed by atoms with Gasteiger partial charge in [-0.25, -0.2) is 4.39 Å². The van der Waals surface area contributed by atoms with Crippen molar-refractivity contribution in [3.05, 3.63) is 35.6 Å². The van der Waals surface area contributed by atoms with Crippen LogP contribution >= 0.6 is 0 Å². The fraction of sp³-hybridized carbons (Fsp3) is 0.600. The Labute approximate surface area is 109 Å². The van der Waals surface area contributed by atoms with Crippen molar-refractivity contribution in [3.63, 3.8) is 0 Å². The van der Waals surface area contributed by atoms with Crippen LogP contribution in [0.15, 0.2) is 24.3 Å². The lowest BCUT2D eigenvalue weighted by atomic mass is 9.82. The molecule has 1 fully saturated rings. The first kappa shape index (κ1) is 13.5. The molecule has 1 aliphatic rings. The number of rotatable bonds is 4. The van der Waals surface area contributed by atoms with Crippen LogP contribution in [0.5, 0.6) is 0 Å². The van der Waals surface area contributed by atoms with Gasteiger partial charge in [-0.2, -0.15) is 0 Å². The van der Waals surface area contributed by atoms with Gasteiger partial charge in [-0.1, -0.05) is 25.1 Å². The Morgan fingerprint density at radius 3 is 2.67 bits per heavy atom. The normalized spacial score (nSPS) is 20.6. The standard InChI is InChI=1S/C15H22FNO/c1-12(13-5-3-4-6-14(13)16)17-11-15(2)7-9-18-10-8-15/h3-6,12,17H,7-11H2,1-2H3. The lowest BCUT2D eigenvalue weighted by Crippen LogP contribution is -2.37. The average molecular weight is 251 g/mol. The van der Waals surface area contributed by atoms with E-state index in [1.54, 1.807) is 6.07 Å². The molecule has 18 heavy (non-hydrogen) atoms. The minimum absolute atomic E-state index is 0.0471. The summed E-state index contributed by atoms with van der Waals surface area (Å²) in [5, 5.41) is 3.45. The highest BCUT2D eigenvalue weighted by Gasteiger charge is 2.27. The SMILES string of the molecule is CC(NCC1(C)CCOCC1)c1ccccc1F. The van der Waals surface area contributed by atoms with Gasteiger partial charge in [-0.3, -0.25) is 0 Å². The molecule has 1 unspecified atom stereocenters. The predicted molar refractivity (Wildman–Crippen MR) is 71.0 cm³/mol. The fourth-order valence-electron chi connectivity index (χ4n) is 2.38. The van der Waals surface area contributed by atoms with Gasteiger partial charge in [0.15, 0.2) is 0 Å². The van der Waals surface area contributed by atoms with Gasteiger partial charge in [0.25, 0.3) is 0 Å². The van der Waals surface area contributed by atoms with E-state index < -0.39 is 0 Å². The van der Waals surface area contributed by atoms with E-state index in [1.807, 2.05) is 19.1 Å². The molecule has 100 valence electrons. The molecule has 1 saturated heterocycles. The second kappa shape index (κ2) is 5.81. The molecule has 0 radical (unpaired) electrons. The lowest BCUT2D eigenvalue weighted by molar-refractivity contribution is 0.0230. The maximum Gasteiger partial charge on any atom is 0.127 e. The van der Waals surface area contributed by atoms with Gasteiger partial charge in [-0.15, -0.1) is 0 Å². The molecule has 3 heteroatoms. The van der Waals surface area contributed by atoms with Crippen molar-refractivity contribution in [1.82, 2.24) is 5.32 Å². The Bertz CT molecular complexity index is 388. The Kier molecular flexibility index (Phi) is 4.36. The van der Waals surface area contributed by atoms with Gasteiger partial charge in [0, 0.05) is 31.4 Å². The highest BCUT2D eigenvalue weighted by atomic mass is 19.1. The third kappa shape index (κ3) is 3.30. The van der Waals surface area contributed by atoms with Gasteiger partial charge in [0.05, 0.1) is 0 Å². The summed E-state index contributed by atoms with van der Waals surface area (Å²) in [6.07, 6.45) is 2.15. The Hall–Kier alpha value is -0.930. The molecule has 0 amide bonds. The highest BCUT2D eigenvalue weighted by molar-refractivity contribution is 5.20. The van der Waals surface area contributed by atoms with Crippen LogP contribution in [-0.2, 0) is 4.74 Å². The van der Waals surface area contributed by atoms with E-state index in [0.29, 0.717) is 0 Å². The summed E-state index contributed by atoms with van der Waals surface area (Å²) in [7, 11) is 0. The predicted octanol–water partition coefficient (Wildman–Crippen LogP) is 3.29. The van der Waals surface area contributed by atoms with E-state index in [0.717, 1.165) is 38.2 Å². The Morgan fingerprint density at radius 2 is 2.00 bits per heavy atom. The van der Waals surface area contributed by atoms with E-state index in [2.05, 4.69) is 12.2 Å². The minimum Gasteiger partial charge on any atom is -0.381 e. The van der Waals surface area contributed by atoms with Gasteiger partial charge in [-0.05, 0) is 31.2 Å². The number of benzene rings is 1. The highest BCUT2D eigenvalue weighted by Crippen LogP contribution is 2.29. The third-order valence-corrected chi connectivity index (χ3v) is 3.91. The lowest BCUT2D eigenvalue weighted by Gasteiger charge is -2.34. The van der Waals surface area contributed by atoms with Crippen molar-refractivity contribution in [1.29, 1.82) is 0 Å². The second-order valence-corrected chi connectivity index (χ2v) is 5.55. The zero-order valence-corrected chi connectivity index (χ0v) is 11.2. The molecule has 1 aliphatic heterocycles. The smallest absolute Gasteiger partial charge is 0.127 e. The first-order valence-electron chi connectivity index (χ1n) is 6.66. The van der Waals surface area contributed by atoms with E-state index in [4.69, 9.17) is 4.74 Å². The van der Waals surface area contributed by atoms with E-state index >= 15 is 0 Å². The summed E-state index contributed by atoms with van der Waals surface area (Å²) in [5.74, 6) is -0.130. The summed E-state index contributed by atoms with van der Waals surface area (Å²) in [5.41, 5.74) is 1.02. The summed E-state index contributed by atoms with van der Waals surface area (Å²) in [6.45, 7) is 6.88. The number of halogens is 1. The van der Waals surface area contributed by atoms with Crippen LogP contribution < -0.4 is 5.32 Å². The molecular formula is C15H22FNO. The van der Waals surface area contributed by atoms with Crippen molar-refractivity contribution in [2.24, 2.45) is 5.41 Å². The quantitative estimate of drug-likeness (QED) is 0.886. The molecule has 1 aromatic carbocycles. The monoisotopic (exact) mass is 251 g/mol. The summed E-state index contributed by atoms with van der Waals surface area (Å²) >= 11 is 0. The van der Waals surface area contributed by atoms with Crippen molar-refractivity contribution in [2.45, 2.75) is 32.7 Å². The van der Waals surface area contributed by atoms with Crippen molar-refractivity contribution < 1.29 is 9.13 Å². The van der Waals surface area contributed by atoms with Gasteiger partial charge in [0.2, 0.25) is 0 Å². The van der Waals surface area contributed by atoms with E-state index in [1.165, 1.54) is 6.07 Å². The molecule has 0 saturated carbocycles. The van der Waals surface area contributed by atoms with Gasteiger partial charge >= 0.3 is 0 Å². The van der Waals surface area contributed by atoms with Crippen LogP contribution in [0.4, 0.5) is 4.39 Å². The molecule has 0 bridgehead atoms. The van der Waals surface area contributed by atoms with Gasteiger partial charge in [0.1, 0.15) is 5.82 Å². The first-order chi connectivity index (χ1) is 8.61. The maximum absolute atomic E-state index is 13.6. The molecule has 1 aromatic rings. The second-order valence-electron chi connectivity index (χ2n) is 5.55. The summed E-state index contributed by atoms with van der Waals surface area (Å²) < 4.78 is 19.0. The number of ether oxygens (including phenoxy) is 1. The maximum atomic E-state index is 13.6. The van der Waals surface area contributed by atoms with Crippen molar-refractivity contribution in [2.75, 3.05) is 19.8 Å². The number of hydrogen-bond donors (Lipinski definition) is 1. The van der Waals surface area contributed by atoms with Crippen molar-refractivity contribution >= 4 is 0 Å². The molecule has 0 aromatic heterocycles. The fourth-order valence-corrected chi connectivity index (χ4v) is 2.38. The molecule has 0 aliphatic carbocycles. The summed E-state index contributed by atoms with van der Waals surface area (Å²) in [6, 6.07) is 7.02. The Morgan fingerprint density at radius 1 is 1.33 bits per heavy atom.